The molecule has 16 heavy (non-hydrogen) atoms. The quantitative estimate of drug-likeness (QED) is 0.807. The molecule has 1 heterocycles. The van der Waals surface area contributed by atoms with Crippen LogP contribution in [0.25, 0.3) is 0 Å². The molecule has 1 aromatic rings. The lowest BCUT2D eigenvalue weighted by Gasteiger charge is -2.27. The van der Waals surface area contributed by atoms with Crippen LogP contribution in [0.1, 0.15) is 41.2 Å². The first-order chi connectivity index (χ1) is 7.63. The summed E-state index contributed by atoms with van der Waals surface area (Å²) in [5.41, 5.74) is -0.211. The van der Waals surface area contributed by atoms with Gasteiger partial charge in [0.1, 0.15) is 4.88 Å². The van der Waals surface area contributed by atoms with Crippen LogP contribution in [-0.2, 0) is 10.2 Å². The van der Waals surface area contributed by atoms with E-state index in [0.717, 1.165) is 17.7 Å². The number of aliphatic hydroxyl groups excluding tert-OH is 1. The minimum Gasteiger partial charge on any atom is -0.465 e. The summed E-state index contributed by atoms with van der Waals surface area (Å²) < 4.78 is 4.67. The standard InChI is InChI=1S/C12H18O3S/c1-4-12(5-2,8-13)10-7-6-9(16-10)11(14)15-3/h6-7,13H,4-5,8H2,1-3H3. The maximum absolute atomic E-state index is 11.3. The molecule has 0 saturated carbocycles. The van der Waals surface area contributed by atoms with Crippen molar-refractivity contribution in [3.63, 3.8) is 0 Å². The third-order valence-electron chi connectivity index (χ3n) is 3.17. The fourth-order valence-electron chi connectivity index (χ4n) is 1.73. The van der Waals surface area contributed by atoms with E-state index in [1.54, 1.807) is 6.07 Å². The molecule has 1 aromatic heterocycles. The normalized spacial score (nSPS) is 11.5. The van der Waals surface area contributed by atoms with E-state index < -0.39 is 0 Å². The van der Waals surface area contributed by atoms with Gasteiger partial charge in [0.05, 0.1) is 13.7 Å². The average Bonchev–Trinajstić information content (AvgIpc) is 2.81. The van der Waals surface area contributed by atoms with Gasteiger partial charge < -0.3 is 9.84 Å². The maximum atomic E-state index is 11.3. The van der Waals surface area contributed by atoms with E-state index >= 15 is 0 Å². The van der Waals surface area contributed by atoms with Crippen molar-refractivity contribution in [2.24, 2.45) is 0 Å². The Morgan fingerprint density at radius 2 is 2.06 bits per heavy atom. The molecule has 4 heteroatoms. The number of hydrogen-bond acceptors (Lipinski definition) is 4. The Hall–Kier alpha value is -0.870. The lowest BCUT2D eigenvalue weighted by molar-refractivity contribution is 0.0606. The zero-order chi connectivity index (χ0) is 12.2. The molecule has 0 radical (unpaired) electrons. The average molecular weight is 242 g/mol. The fourth-order valence-corrected chi connectivity index (χ4v) is 2.98. The zero-order valence-corrected chi connectivity index (χ0v) is 10.8. The molecule has 0 aliphatic rings. The highest BCUT2D eigenvalue weighted by Crippen LogP contribution is 2.36. The van der Waals surface area contributed by atoms with Crippen molar-refractivity contribution in [3.05, 3.63) is 21.9 Å². The van der Waals surface area contributed by atoms with Gasteiger partial charge in [0, 0.05) is 10.3 Å². The van der Waals surface area contributed by atoms with Crippen molar-refractivity contribution < 1.29 is 14.6 Å². The van der Waals surface area contributed by atoms with Crippen molar-refractivity contribution in [1.82, 2.24) is 0 Å². The van der Waals surface area contributed by atoms with E-state index in [-0.39, 0.29) is 18.0 Å². The van der Waals surface area contributed by atoms with Gasteiger partial charge in [-0.1, -0.05) is 13.8 Å². The number of carbonyl (C=O) groups is 1. The van der Waals surface area contributed by atoms with Crippen LogP contribution in [0, 0.1) is 0 Å². The summed E-state index contributed by atoms with van der Waals surface area (Å²) in [5, 5.41) is 9.53. The van der Waals surface area contributed by atoms with Crippen molar-refractivity contribution in [3.8, 4) is 0 Å². The monoisotopic (exact) mass is 242 g/mol. The third-order valence-corrected chi connectivity index (χ3v) is 4.48. The van der Waals surface area contributed by atoms with Crippen molar-refractivity contribution >= 4 is 17.3 Å². The first kappa shape index (κ1) is 13.2. The highest BCUT2D eigenvalue weighted by molar-refractivity contribution is 7.14. The highest BCUT2D eigenvalue weighted by atomic mass is 32.1. The molecule has 0 aromatic carbocycles. The van der Waals surface area contributed by atoms with Crippen LogP contribution in [0.4, 0.5) is 0 Å². The molecule has 0 unspecified atom stereocenters. The predicted octanol–water partition coefficient (Wildman–Crippen LogP) is 2.58. The molecule has 0 saturated heterocycles. The highest BCUT2D eigenvalue weighted by Gasteiger charge is 2.30. The van der Waals surface area contributed by atoms with Gasteiger partial charge in [-0.3, -0.25) is 0 Å². The molecule has 1 rings (SSSR count). The van der Waals surface area contributed by atoms with Gasteiger partial charge in [-0.15, -0.1) is 11.3 Å². The Bertz CT molecular complexity index is 345. The van der Waals surface area contributed by atoms with Crippen LogP contribution in [0.2, 0.25) is 0 Å². The molecule has 0 aliphatic carbocycles. The molecule has 0 bridgehead atoms. The van der Waals surface area contributed by atoms with Crippen LogP contribution >= 0.6 is 11.3 Å². The van der Waals surface area contributed by atoms with Crippen molar-refractivity contribution in [2.75, 3.05) is 13.7 Å². The van der Waals surface area contributed by atoms with Gasteiger partial charge in [0.25, 0.3) is 0 Å². The summed E-state index contributed by atoms with van der Waals surface area (Å²) in [6.45, 7) is 4.22. The van der Waals surface area contributed by atoms with E-state index in [0.29, 0.717) is 4.88 Å². The Kier molecular flexibility index (Phi) is 4.50. The molecular weight excluding hydrogens is 224 g/mol. The van der Waals surface area contributed by atoms with Crippen LogP contribution < -0.4 is 0 Å². The summed E-state index contributed by atoms with van der Waals surface area (Å²) in [5.74, 6) is -0.310. The smallest absolute Gasteiger partial charge is 0.348 e. The van der Waals surface area contributed by atoms with Gasteiger partial charge in [0.15, 0.2) is 0 Å². The van der Waals surface area contributed by atoms with Crippen molar-refractivity contribution in [2.45, 2.75) is 32.1 Å². The summed E-state index contributed by atoms with van der Waals surface area (Å²) >= 11 is 1.41. The molecule has 3 nitrogen and oxygen atoms in total. The lowest BCUT2D eigenvalue weighted by atomic mass is 9.82. The van der Waals surface area contributed by atoms with E-state index in [9.17, 15) is 9.90 Å². The van der Waals surface area contributed by atoms with Crippen molar-refractivity contribution in [1.29, 1.82) is 0 Å². The third kappa shape index (κ3) is 2.28. The van der Waals surface area contributed by atoms with Gasteiger partial charge in [-0.05, 0) is 25.0 Å². The molecule has 90 valence electrons. The van der Waals surface area contributed by atoms with Crippen LogP contribution in [-0.4, -0.2) is 24.8 Å². The Morgan fingerprint density at radius 3 is 2.50 bits per heavy atom. The van der Waals surface area contributed by atoms with E-state index in [2.05, 4.69) is 18.6 Å². The number of rotatable bonds is 5. The molecule has 1 N–H and O–H groups in total. The number of ether oxygens (including phenoxy) is 1. The van der Waals surface area contributed by atoms with E-state index in [4.69, 9.17) is 0 Å². The molecule has 0 spiro atoms. The summed E-state index contributed by atoms with van der Waals surface area (Å²) in [6, 6.07) is 3.68. The number of esters is 1. The number of carbonyl (C=O) groups excluding carboxylic acids is 1. The second-order valence-corrected chi connectivity index (χ2v) is 4.88. The van der Waals surface area contributed by atoms with Crippen LogP contribution in [0.3, 0.4) is 0 Å². The lowest BCUT2D eigenvalue weighted by Crippen LogP contribution is -2.27. The van der Waals surface area contributed by atoms with Gasteiger partial charge in [0.2, 0.25) is 0 Å². The second kappa shape index (κ2) is 5.46. The number of aliphatic hydroxyl groups is 1. The predicted molar refractivity (Wildman–Crippen MR) is 65.0 cm³/mol. The summed E-state index contributed by atoms with van der Waals surface area (Å²) in [4.78, 5) is 13.0. The van der Waals surface area contributed by atoms with Gasteiger partial charge >= 0.3 is 5.97 Å². The van der Waals surface area contributed by atoms with Crippen LogP contribution in [0.15, 0.2) is 12.1 Å². The Morgan fingerprint density at radius 1 is 1.44 bits per heavy atom. The maximum Gasteiger partial charge on any atom is 0.348 e. The SMILES string of the molecule is CCC(CC)(CO)c1ccc(C(=O)OC)s1. The van der Waals surface area contributed by atoms with E-state index in [1.807, 2.05) is 6.07 Å². The molecule has 0 aliphatic heterocycles. The first-order valence-electron chi connectivity index (χ1n) is 5.43. The first-order valence-corrected chi connectivity index (χ1v) is 6.24. The minimum absolute atomic E-state index is 0.112. The minimum atomic E-state index is -0.310. The molecule has 0 amide bonds. The molecule has 0 fully saturated rings. The Labute approximate surface area is 100 Å². The topological polar surface area (TPSA) is 46.5 Å². The van der Waals surface area contributed by atoms with Gasteiger partial charge in [-0.25, -0.2) is 4.79 Å². The largest absolute Gasteiger partial charge is 0.465 e. The number of methoxy groups -OCH3 is 1. The van der Waals surface area contributed by atoms with Gasteiger partial charge in [-0.2, -0.15) is 0 Å². The molecular formula is C12H18O3S. The summed E-state index contributed by atoms with van der Waals surface area (Å²) in [7, 11) is 1.38. The van der Waals surface area contributed by atoms with Crippen LogP contribution in [0.5, 0.6) is 0 Å². The number of hydrogen-bond donors (Lipinski definition) is 1. The molecule has 0 atom stereocenters. The fraction of sp³-hybridized carbons (Fsp3) is 0.583. The Balaban J connectivity index is 3.03. The number of thiophene rings is 1. The second-order valence-electron chi connectivity index (χ2n) is 3.80. The van der Waals surface area contributed by atoms with E-state index in [1.165, 1.54) is 18.4 Å². The summed E-state index contributed by atoms with van der Waals surface area (Å²) in [6.07, 6.45) is 1.72. The zero-order valence-electron chi connectivity index (χ0n) is 9.95.